The Morgan fingerprint density at radius 3 is 2.81 bits per heavy atom. The number of aromatic nitrogens is 3. The number of halogens is 1. The van der Waals surface area contributed by atoms with E-state index in [4.69, 9.17) is 11.3 Å². The van der Waals surface area contributed by atoms with Gasteiger partial charge in [-0.3, -0.25) is 4.68 Å². The number of esters is 1. The molecule has 0 spiro atoms. The van der Waals surface area contributed by atoms with Crippen LogP contribution in [0.3, 0.4) is 0 Å². The average Bonchev–Trinajstić information content (AvgIpc) is 3.29. The topological polar surface area (TPSA) is 53.4 Å². The molecule has 0 atom stereocenters. The van der Waals surface area contributed by atoms with Crippen LogP contribution >= 0.6 is 15.9 Å². The summed E-state index contributed by atoms with van der Waals surface area (Å²) in [7, 11) is 1.89. The Balaban J connectivity index is 2.08. The number of carbonyl (C=O) groups excluding carboxylic acids is 1. The van der Waals surface area contributed by atoms with Crippen molar-refractivity contribution in [2.75, 3.05) is 6.61 Å². The molecule has 0 amide bonds. The van der Waals surface area contributed by atoms with Crippen molar-refractivity contribution < 1.29 is 9.53 Å². The van der Waals surface area contributed by atoms with Gasteiger partial charge in [0.2, 0.25) is 5.69 Å². The van der Waals surface area contributed by atoms with Crippen molar-refractivity contribution in [3.8, 4) is 11.1 Å². The minimum Gasteiger partial charge on any atom is -0.463 e. The number of ether oxygens (including phenoxy) is 1. The monoisotopic (exact) mass is 490 g/mol. The van der Waals surface area contributed by atoms with Gasteiger partial charge in [0.05, 0.1) is 24.4 Å². The van der Waals surface area contributed by atoms with Gasteiger partial charge >= 0.3 is 5.97 Å². The molecule has 162 valence electrons. The first-order chi connectivity index (χ1) is 15.4. The predicted molar refractivity (Wildman–Crippen MR) is 129 cm³/mol. The van der Waals surface area contributed by atoms with E-state index < -0.39 is 5.97 Å². The molecule has 0 N–H and O–H groups in total. The third-order valence-corrected chi connectivity index (χ3v) is 6.66. The van der Waals surface area contributed by atoms with Gasteiger partial charge in [-0.25, -0.2) is 9.64 Å². The van der Waals surface area contributed by atoms with Crippen LogP contribution in [0.15, 0.2) is 28.9 Å². The summed E-state index contributed by atoms with van der Waals surface area (Å²) in [4.78, 5) is 17.2. The van der Waals surface area contributed by atoms with E-state index >= 15 is 0 Å². The molecular formula is C25H23BrN4O2. The average molecular weight is 491 g/mol. The molecule has 0 aliphatic heterocycles. The number of carbonyl (C=O) groups is 1. The molecule has 5 rings (SSSR count). The van der Waals surface area contributed by atoms with Crippen LogP contribution in [-0.2, 0) is 24.6 Å². The highest BCUT2D eigenvalue weighted by molar-refractivity contribution is 9.10. The zero-order valence-electron chi connectivity index (χ0n) is 18.5. The third-order valence-electron chi connectivity index (χ3n) is 6.17. The molecule has 4 aromatic rings. The van der Waals surface area contributed by atoms with Gasteiger partial charge in [-0.2, -0.15) is 5.10 Å². The quantitative estimate of drug-likeness (QED) is 0.247. The van der Waals surface area contributed by atoms with E-state index in [1.807, 2.05) is 25.4 Å². The minimum atomic E-state index is -0.450. The molecule has 0 unspecified atom stereocenters. The van der Waals surface area contributed by atoms with Crippen LogP contribution in [0.4, 0.5) is 5.69 Å². The normalized spacial score (nSPS) is 12.8. The molecule has 0 saturated carbocycles. The summed E-state index contributed by atoms with van der Waals surface area (Å²) < 4.78 is 10.5. The van der Waals surface area contributed by atoms with Gasteiger partial charge in [0.1, 0.15) is 0 Å². The maximum atomic E-state index is 13.3. The minimum absolute atomic E-state index is 0.183. The number of fused-ring (bicyclic) bond motifs is 7. The number of nitrogens with zero attached hydrogens (tertiary/aromatic N) is 4. The van der Waals surface area contributed by atoms with E-state index in [0.717, 1.165) is 61.5 Å². The second-order valence-corrected chi connectivity index (χ2v) is 9.34. The number of rotatable bonds is 3. The summed E-state index contributed by atoms with van der Waals surface area (Å²) in [6.45, 7) is 14.5. The van der Waals surface area contributed by atoms with Gasteiger partial charge in [-0.1, -0.05) is 15.9 Å². The van der Waals surface area contributed by atoms with Crippen LogP contribution < -0.4 is 0 Å². The predicted octanol–water partition coefficient (Wildman–Crippen LogP) is 6.36. The fourth-order valence-electron chi connectivity index (χ4n) is 5.10. The van der Waals surface area contributed by atoms with E-state index in [-0.39, 0.29) is 12.6 Å². The lowest BCUT2D eigenvalue weighted by atomic mass is 9.83. The zero-order chi connectivity index (χ0) is 22.7. The second kappa shape index (κ2) is 7.49. The van der Waals surface area contributed by atoms with Crippen LogP contribution in [-0.4, -0.2) is 26.9 Å². The summed E-state index contributed by atoms with van der Waals surface area (Å²) in [6, 6.07) is 6.34. The van der Waals surface area contributed by atoms with E-state index in [1.165, 1.54) is 0 Å². The lowest BCUT2D eigenvalue weighted by Crippen LogP contribution is -2.14. The van der Waals surface area contributed by atoms with Crippen molar-refractivity contribution in [1.82, 2.24) is 14.3 Å². The summed E-state index contributed by atoms with van der Waals surface area (Å²) in [6.07, 6.45) is 3.50. The highest BCUT2D eigenvalue weighted by Crippen LogP contribution is 2.49. The standard InChI is InChI=1S/C25H23BrN4O2/c1-6-32-25(31)22-20-15(8-9-18-17(20)12-29(5)28-18)24-21(23(22)27-4)16-11-14(26)7-10-19(16)30(24)13(2)3/h7,10-13H,6,8-9H2,1-3,5H3. The number of hydrogen-bond acceptors (Lipinski definition) is 3. The molecule has 0 saturated heterocycles. The highest BCUT2D eigenvalue weighted by atomic mass is 79.9. The Kier molecular flexibility index (Phi) is 4.86. The van der Waals surface area contributed by atoms with E-state index in [0.29, 0.717) is 11.3 Å². The van der Waals surface area contributed by atoms with Crippen molar-refractivity contribution >= 4 is 49.4 Å². The largest absolute Gasteiger partial charge is 0.463 e. The molecule has 2 aromatic carbocycles. The van der Waals surface area contributed by atoms with E-state index in [9.17, 15) is 4.79 Å². The molecule has 0 bridgehead atoms. The van der Waals surface area contributed by atoms with Crippen molar-refractivity contribution in [2.24, 2.45) is 7.05 Å². The van der Waals surface area contributed by atoms with Gasteiger partial charge in [0.15, 0.2) is 0 Å². The Labute approximate surface area is 194 Å². The Hall–Kier alpha value is -3.11. The van der Waals surface area contributed by atoms with E-state index in [1.54, 1.807) is 11.6 Å². The lowest BCUT2D eigenvalue weighted by Gasteiger charge is -2.23. The van der Waals surface area contributed by atoms with Crippen molar-refractivity contribution in [2.45, 2.75) is 39.7 Å². The highest BCUT2D eigenvalue weighted by Gasteiger charge is 2.33. The molecule has 0 radical (unpaired) electrons. The van der Waals surface area contributed by atoms with Crippen molar-refractivity contribution in [1.29, 1.82) is 0 Å². The van der Waals surface area contributed by atoms with Crippen LogP contribution in [0, 0.1) is 6.57 Å². The van der Waals surface area contributed by atoms with Gasteiger partial charge in [0, 0.05) is 45.7 Å². The Morgan fingerprint density at radius 1 is 1.34 bits per heavy atom. The number of benzene rings is 2. The third kappa shape index (κ3) is 2.82. The second-order valence-electron chi connectivity index (χ2n) is 8.42. The maximum Gasteiger partial charge on any atom is 0.328 e. The summed E-state index contributed by atoms with van der Waals surface area (Å²) in [5.41, 5.74) is 6.59. The first kappa shape index (κ1) is 20.8. The van der Waals surface area contributed by atoms with Gasteiger partial charge < -0.3 is 9.30 Å². The van der Waals surface area contributed by atoms with Crippen LogP contribution in [0.2, 0.25) is 0 Å². The molecule has 32 heavy (non-hydrogen) atoms. The summed E-state index contributed by atoms with van der Waals surface area (Å²) in [5.74, 6) is -0.450. The van der Waals surface area contributed by atoms with Crippen molar-refractivity contribution in [3.05, 3.63) is 57.1 Å². The molecule has 6 nitrogen and oxygen atoms in total. The first-order valence-corrected chi connectivity index (χ1v) is 11.6. The van der Waals surface area contributed by atoms with E-state index in [2.05, 4.69) is 50.4 Å². The maximum absolute atomic E-state index is 13.3. The Morgan fingerprint density at radius 2 is 2.12 bits per heavy atom. The van der Waals surface area contributed by atoms with Gasteiger partial charge in [-0.15, -0.1) is 0 Å². The van der Waals surface area contributed by atoms with Gasteiger partial charge in [0.25, 0.3) is 0 Å². The molecule has 0 fully saturated rings. The fraction of sp³-hybridized carbons (Fsp3) is 0.320. The summed E-state index contributed by atoms with van der Waals surface area (Å²) in [5, 5.41) is 6.42. The molecule has 7 heteroatoms. The van der Waals surface area contributed by atoms with Crippen LogP contribution in [0.5, 0.6) is 0 Å². The summed E-state index contributed by atoms with van der Waals surface area (Å²) >= 11 is 3.59. The smallest absolute Gasteiger partial charge is 0.328 e. The lowest BCUT2D eigenvalue weighted by molar-refractivity contribution is 0.0528. The Bertz CT molecular complexity index is 1470. The SMILES string of the molecule is [C-]#[N+]c1c(C(=O)OCC)c2c(c3c1c1cc(Br)ccc1n3C(C)C)CCc1nn(C)cc1-2. The van der Waals surface area contributed by atoms with Crippen molar-refractivity contribution in [3.63, 3.8) is 0 Å². The molecular weight excluding hydrogens is 468 g/mol. The molecule has 2 aromatic heterocycles. The molecule has 2 heterocycles. The molecule has 1 aliphatic rings. The number of hydrogen-bond donors (Lipinski definition) is 0. The fourth-order valence-corrected chi connectivity index (χ4v) is 5.46. The zero-order valence-corrected chi connectivity index (χ0v) is 20.1. The first-order valence-electron chi connectivity index (χ1n) is 10.8. The number of aryl methyl sites for hydroxylation is 3. The van der Waals surface area contributed by atoms with Gasteiger partial charge in [-0.05, 0) is 68.3 Å². The molecule has 1 aliphatic carbocycles. The van der Waals surface area contributed by atoms with Crippen LogP contribution in [0.1, 0.15) is 48.4 Å². The van der Waals surface area contributed by atoms with Crippen LogP contribution in [0.25, 0.3) is 37.8 Å².